The number of halogens is 1. The van der Waals surface area contributed by atoms with E-state index in [-0.39, 0.29) is 6.10 Å². The molecular formula is C15H26BrN5O. The summed E-state index contributed by atoms with van der Waals surface area (Å²) in [5, 5.41) is 3.41. The van der Waals surface area contributed by atoms with E-state index < -0.39 is 0 Å². The van der Waals surface area contributed by atoms with Crippen molar-refractivity contribution < 1.29 is 4.74 Å². The number of ether oxygens (including phenoxy) is 1. The largest absolute Gasteiger partial charge is 0.374 e. The van der Waals surface area contributed by atoms with Gasteiger partial charge in [0.15, 0.2) is 5.96 Å². The van der Waals surface area contributed by atoms with E-state index in [0.29, 0.717) is 0 Å². The van der Waals surface area contributed by atoms with Crippen molar-refractivity contribution in [3.8, 4) is 0 Å². The number of nitrogens with zero attached hydrogens (tertiary/aromatic N) is 4. The number of likely N-dealkylation sites (N-methyl/N-ethyl adjacent to an activating group) is 1. The summed E-state index contributed by atoms with van der Waals surface area (Å²) in [6.07, 6.45) is 2.28. The van der Waals surface area contributed by atoms with Crippen LogP contribution in [-0.2, 0) is 18.3 Å². The van der Waals surface area contributed by atoms with E-state index >= 15 is 0 Å². The number of aryl methyl sites for hydroxylation is 1. The molecule has 0 spiro atoms. The van der Waals surface area contributed by atoms with Crippen molar-refractivity contribution in [2.24, 2.45) is 12.0 Å². The molecule has 6 nitrogen and oxygen atoms in total. The van der Waals surface area contributed by atoms with Crippen LogP contribution in [-0.4, -0.2) is 73.8 Å². The van der Waals surface area contributed by atoms with Gasteiger partial charge in [0.2, 0.25) is 0 Å². The number of aliphatic imine (C=N–C) groups is 1. The van der Waals surface area contributed by atoms with E-state index in [1.807, 2.05) is 14.1 Å². The van der Waals surface area contributed by atoms with Crippen LogP contribution in [0.4, 0.5) is 0 Å². The second kappa shape index (κ2) is 7.99. The van der Waals surface area contributed by atoms with Gasteiger partial charge in [-0.05, 0) is 29.0 Å². The molecule has 0 amide bonds. The molecule has 0 aliphatic carbocycles. The molecule has 1 aliphatic heterocycles. The topological polar surface area (TPSA) is 45.0 Å². The minimum Gasteiger partial charge on any atom is -0.374 e. The average Bonchev–Trinajstić information content (AvgIpc) is 2.77. The maximum absolute atomic E-state index is 5.78. The number of rotatable bonds is 4. The number of nitrogens with one attached hydrogen (secondary N) is 1. The smallest absolute Gasteiger partial charge is 0.193 e. The first-order valence-corrected chi connectivity index (χ1v) is 8.31. The van der Waals surface area contributed by atoms with Crippen LogP contribution in [0.2, 0.25) is 0 Å². The van der Waals surface area contributed by atoms with Gasteiger partial charge in [0.05, 0.1) is 19.3 Å². The van der Waals surface area contributed by atoms with Crippen molar-refractivity contribution in [2.45, 2.75) is 12.6 Å². The molecule has 22 heavy (non-hydrogen) atoms. The first kappa shape index (κ1) is 17.3. The van der Waals surface area contributed by atoms with Crippen molar-refractivity contribution in [2.75, 3.05) is 47.4 Å². The first-order valence-electron chi connectivity index (χ1n) is 7.52. The molecule has 1 aliphatic rings. The predicted molar refractivity (Wildman–Crippen MR) is 93.2 cm³/mol. The van der Waals surface area contributed by atoms with Crippen LogP contribution in [0.25, 0.3) is 0 Å². The lowest BCUT2D eigenvalue weighted by Gasteiger charge is -2.31. The molecule has 0 radical (unpaired) electrons. The minimum absolute atomic E-state index is 0.216. The molecule has 0 aromatic carbocycles. The summed E-state index contributed by atoms with van der Waals surface area (Å²) in [6.45, 7) is 4.34. The fraction of sp³-hybridized carbons (Fsp3) is 0.667. The molecule has 124 valence electrons. The van der Waals surface area contributed by atoms with Gasteiger partial charge < -0.3 is 24.4 Å². The van der Waals surface area contributed by atoms with Gasteiger partial charge in [-0.15, -0.1) is 0 Å². The van der Waals surface area contributed by atoms with E-state index in [9.17, 15) is 0 Å². The van der Waals surface area contributed by atoms with E-state index in [1.54, 1.807) is 0 Å². The minimum atomic E-state index is 0.216. The summed E-state index contributed by atoms with van der Waals surface area (Å²) in [6, 6.07) is 2.13. The van der Waals surface area contributed by atoms with Gasteiger partial charge in [-0.3, -0.25) is 4.99 Å². The molecule has 1 saturated heterocycles. The maximum atomic E-state index is 5.78. The Morgan fingerprint density at radius 2 is 2.32 bits per heavy atom. The van der Waals surface area contributed by atoms with Crippen molar-refractivity contribution in [3.05, 3.63) is 22.4 Å². The van der Waals surface area contributed by atoms with Crippen molar-refractivity contribution in [1.29, 1.82) is 0 Å². The van der Waals surface area contributed by atoms with Crippen LogP contribution in [0.3, 0.4) is 0 Å². The van der Waals surface area contributed by atoms with Crippen LogP contribution in [0.15, 0.2) is 21.7 Å². The molecule has 0 saturated carbocycles. The zero-order valence-electron chi connectivity index (χ0n) is 13.8. The van der Waals surface area contributed by atoms with E-state index in [2.05, 4.69) is 67.0 Å². The van der Waals surface area contributed by atoms with Gasteiger partial charge in [0.1, 0.15) is 0 Å². The molecule has 2 heterocycles. The van der Waals surface area contributed by atoms with Crippen LogP contribution in [0.5, 0.6) is 0 Å². The second-order valence-corrected chi connectivity index (χ2v) is 6.72. The molecule has 1 unspecified atom stereocenters. The molecular weight excluding hydrogens is 346 g/mol. The molecule has 0 bridgehead atoms. The van der Waals surface area contributed by atoms with Crippen molar-refractivity contribution >= 4 is 21.9 Å². The first-order chi connectivity index (χ1) is 10.5. The molecule has 1 atom stereocenters. The van der Waals surface area contributed by atoms with Gasteiger partial charge in [-0.25, -0.2) is 0 Å². The number of guanidine groups is 1. The molecule has 7 heteroatoms. The molecule has 2 rings (SSSR count). The van der Waals surface area contributed by atoms with Gasteiger partial charge in [0.25, 0.3) is 0 Å². The van der Waals surface area contributed by atoms with Gasteiger partial charge in [0, 0.05) is 57.1 Å². The Morgan fingerprint density at radius 3 is 2.91 bits per heavy atom. The highest BCUT2D eigenvalue weighted by molar-refractivity contribution is 9.10. The molecule has 1 N–H and O–H groups in total. The van der Waals surface area contributed by atoms with E-state index in [4.69, 9.17) is 4.74 Å². The third kappa shape index (κ3) is 4.72. The lowest BCUT2D eigenvalue weighted by atomic mass is 10.3. The summed E-state index contributed by atoms with van der Waals surface area (Å²) in [7, 11) is 8.04. The highest BCUT2D eigenvalue weighted by atomic mass is 79.9. The second-order valence-electron chi connectivity index (χ2n) is 5.80. The number of aromatic nitrogens is 1. The summed E-state index contributed by atoms with van der Waals surface area (Å²) >= 11 is 3.51. The Morgan fingerprint density at radius 1 is 1.55 bits per heavy atom. The van der Waals surface area contributed by atoms with Gasteiger partial charge in [-0.1, -0.05) is 0 Å². The number of hydrogen-bond acceptors (Lipinski definition) is 3. The third-order valence-corrected chi connectivity index (χ3v) is 4.31. The number of hydrogen-bond donors (Lipinski definition) is 1. The lowest BCUT2D eigenvalue weighted by molar-refractivity contribution is -0.0163. The lowest BCUT2D eigenvalue weighted by Crippen LogP contribution is -2.48. The fourth-order valence-electron chi connectivity index (χ4n) is 2.62. The SMILES string of the molecule is CN=C(NCC1CN(C)CCO1)N(C)Cc1cc(Br)cn1C. The van der Waals surface area contributed by atoms with E-state index in [0.717, 1.165) is 43.2 Å². The highest BCUT2D eigenvalue weighted by Gasteiger charge is 2.18. The Kier molecular flexibility index (Phi) is 6.28. The van der Waals surface area contributed by atoms with Crippen LogP contribution >= 0.6 is 15.9 Å². The molecule has 1 aromatic rings. The fourth-order valence-corrected chi connectivity index (χ4v) is 3.19. The summed E-state index contributed by atoms with van der Waals surface area (Å²) < 4.78 is 8.99. The highest BCUT2D eigenvalue weighted by Crippen LogP contribution is 2.15. The number of morpholine rings is 1. The monoisotopic (exact) mass is 371 g/mol. The third-order valence-electron chi connectivity index (χ3n) is 3.88. The zero-order chi connectivity index (χ0) is 16.1. The van der Waals surface area contributed by atoms with Crippen LogP contribution in [0.1, 0.15) is 5.69 Å². The normalized spacial score (nSPS) is 20.2. The Balaban J connectivity index is 1.86. The van der Waals surface area contributed by atoms with Crippen molar-refractivity contribution in [1.82, 2.24) is 19.7 Å². The summed E-state index contributed by atoms with van der Waals surface area (Å²) in [5.74, 6) is 0.883. The molecule has 1 aromatic heterocycles. The van der Waals surface area contributed by atoms with Crippen molar-refractivity contribution in [3.63, 3.8) is 0 Å². The summed E-state index contributed by atoms with van der Waals surface area (Å²) in [5.41, 5.74) is 1.23. The van der Waals surface area contributed by atoms with Gasteiger partial charge in [-0.2, -0.15) is 0 Å². The predicted octanol–water partition coefficient (Wildman–Crippen LogP) is 1.13. The molecule has 1 fully saturated rings. The Labute approximate surface area is 141 Å². The Bertz CT molecular complexity index is 516. The Hall–Kier alpha value is -1.05. The van der Waals surface area contributed by atoms with Gasteiger partial charge >= 0.3 is 0 Å². The maximum Gasteiger partial charge on any atom is 0.193 e. The van der Waals surface area contributed by atoms with Crippen LogP contribution in [0, 0.1) is 0 Å². The quantitative estimate of drug-likeness (QED) is 0.636. The standard InChI is InChI=1S/C15H26BrN5O/c1-17-15(18-8-14-11-19(2)5-6-22-14)21(4)10-13-7-12(16)9-20(13)3/h7,9,14H,5-6,8,10-11H2,1-4H3,(H,17,18). The summed E-state index contributed by atoms with van der Waals surface area (Å²) in [4.78, 5) is 8.78. The average molecular weight is 372 g/mol. The van der Waals surface area contributed by atoms with E-state index in [1.165, 1.54) is 5.69 Å². The van der Waals surface area contributed by atoms with Crippen LogP contribution < -0.4 is 5.32 Å². The zero-order valence-corrected chi connectivity index (χ0v) is 15.4.